The van der Waals surface area contributed by atoms with Gasteiger partial charge >= 0.3 is 0 Å². The number of hydrogen-bond acceptors (Lipinski definition) is 7. The maximum absolute atomic E-state index is 13.1. The number of likely N-dealkylation sites (N-methyl/N-ethyl adjacent to an activating group) is 1. The van der Waals surface area contributed by atoms with Crippen LogP contribution >= 0.6 is 15.9 Å². The van der Waals surface area contributed by atoms with Crippen molar-refractivity contribution in [2.45, 2.75) is 44.3 Å². The van der Waals surface area contributed by atoms with Crippen LogP contribution in [-0.2, 0) is 9.53 Å². The highest BCUT2D eigenvalue weighted by Crippen LogP contribution is 2.40. The average molecular weight is 544 g/mol. The number of halogens is 1. The highest BCUT2D eigenvalue weighted by atomic mass is 79.9. The van der Waals surface area contributed by atoms with Crippen molar-refractivity contribution in [2.24, 2.45) is 11.8 Å². The van der Waals surface area contributed by atoms with Crippen molar-refractivity contribution in [3.63, 3.8) is 0 Å². The summed E-state index contributed by atoms with van der Waals surface area (Å²) in [4.78, 5) is 29.6. The lowest BCUT2D eigenvalue weighted by Gasteiger charge is -2.37. The lowest BCUT2D eigenvalue weighted by Crippen LogP contribution is -2.50. The van der Waals surface area contributed by atoms with E-state index in [2.05, 4.69) is 55.1 Å². The number of benzene rings is 1. The molecule has 0 spiro atoms. The van der Waals surface area contributed by atoms with Crippen molar-refractivity contribution < 1.29 is 9.53 Å². The van der Waals surface area contributed by atoms with E-state index >= 15 is 0 Å². The van der Waals surface area contributed by atoms with Gasteiger partial charge in [-0.1, -0.05) is 15.9 Å². The molecule has 3 aliphatic heterocycles. The van der Waals surface area contributed by atoms with Gasteiger partial charge in [0.1, 0.15) is 5.82 Å². The molecule has 4 heterocycles. The molecule has 8 nitrogen and oxygen atoms in total. The third-order valence-corrected chi connectivity index (χ3v) is 8.87. The number of nitrogens with one attached hydrogen (secondary N) is 1. The van der Waals surface area contributed by atoms with Crippen molar-refractivity contribution in [3.8, 4) is 0 Å². The standard InChI is InChI=1S/C26H35BrN6O2/c1-31-10-12-32(13-11-31)25(34)17-6-8-33(9-7-17)26-29-22-15-19(27)3-5-21(22)24(30-26)28-16-23-18-2-4-20(14-18)35-23/h3,5,15,17-18,20,23H,2,4,6-14,16H2,1H3,(H,28,29,30). The second-order valence-corrected chi connectivity index (χ2v) is 11.6. The van der Waals surface area contributed by atoms with Crippen LogP contribution in [0.15, 0.2) is 22.7 Å². The normalized spacial score (nSPS) is 27.7. The minimum absolute atomic E-state index is 0.108. The third-order valence-electron chi connectivity index (χ3n) is 8.38. The number of amides is 1. The highest BCUT2D eigenvalue weighted by Gasteiger charge is 2.40. The molecule has 1 aromatic heterocycles. The second-order valence-electron chi connectivity index (χ2n) is 10.7. The average Bonchev–Trinajstić information content (AvgIpc) is 3.51. The molecule has 35 heavy (non-hydrogen) atoms. The minimum Gasteiger partial charge on any atom is -0.373 e. The summed E-state index contributed by atoms with van der Waals surface area (Å²) in [6.07, 6.45) is 6.13. The largest absolute Gasteiger partial charge is 0.373 e. The monoisotopic (exact) mass is 542 g/mol. The molecule has 2 aromatic rings. The van der Waals surface area contributed by atoms with E-state index in [0.29, 0.717) is 17.9 Å². The number of ether oxygens (including phenoxy) is 1. The van der Waals surface area contributed by atoms with Crippen LogP contribution < -0.4 is 10.2 Å². The molecule has 9 heteroatoms. The van der Waals surface area contributed by atoms with E-state index in [-0.39, 0.29) is 12.0 Å². The maximum Gasteiger partial charge on any atom is 0.227 e. The summed E-state index contributed by atoms with van der Waals surface area (Å²) in [7, 11) is 2.12. The molecule has 1 aliphatic carbocycles. The van der Waals surface area contributed by atoms with E-state index in [1.54, 1.807) is 0 Å². The minimum atomic E-state index is 0.108. The molecule has 6 rings (SSSR count). The molecule has 2 bridgehead atoms. The van der Waals surface area contributed by atoms with E-state index in [1.165, 1.54) is 19.3 Å². The number of nitrogens with zero attached hydrogens (tertiary/aromatic N) is 5. The van der Waals surface area contributed by atoms with Crippen LogP contribution in [-0.4, -0.2) is 90.7 Å². The van der Waals surface area contributed by atoms with Gasteiger partial charge in [-0.2, -0.15) is 4.98 Å². The zero-order chi connectivity index (χ0) is 23.9. The first-order chi connectivity index (χ1) is 17.0. The molecule has 1 N–H and O–H groups in total. The Hall–Kier alpha value is -1.97. The number of rotatable bonds is 5. The molecule has 3 atom stereocenters. The van der Waals surface area contributed by atoms with Crippen LogP contribution in [0, 0.1) is 11.8 Å². The number of fused-ring (bicyclic) bond motifs is 3. The second kappa shape index (κ2) is 9.82. The summed E-state index contributed by atoms with van der Waals surface area (Å²) in [5.41, 5.74) is 0.927. The lowest BCUT2D eigenvalue weighted by molar-refractivity contribution is -0.137. The first kappa shape index (κ1) is 23.4. The lowest BCUT2D eigenvalue weighted by atomic mass is 9.95. The molecule has 4 aliphatic rings. The first-order valence-electron chi connectivity index (χ1n) is 13.1. The number of anilines is 2. The Morgan fingerprint density at radius 2 is 1.89 bits per heavy atom. The molecule has 3 saturated heterocycles. The van der Waals surface area contributed by atoms with Crippen LogP contribution in [0.2, 0.25) is 0 Å². The summed E-state index contributed by atoms with van der Waals surface area (Å²) >= 11 is 3.60. The molecular weight excluding hydrogens is 508 g/mol. The summed E-state index contributed by atoms with van der Waals surface area (Å²) < 4.78 is 7.20. The van der Waals surface area contributed by atoms with Gasteiger partial charge in [-0.25, -0.2) is 4.98 Å². The fourth-order valence-corrected chi connectivity index (χ4v) is 6.53. The Kier molecular flexibility index (Phi) is 6.58. The number of hydrogen-bond donors (Lipinski definition) is 1. The van der Waals surface area contributed by atoms with E-state index in [4.69, 9.17) is 14.7 Å². The van der Waals surface area contributed by atoms with Gasteiger partial charge in [0.05, 0.1) is 17.7 Å². The van der Waals surface area contributed by atoms with Gasteiger partial charge in [0.25, 0.3) is 0 Å². The SMILES string of the molecule is CN1CCN(C(=O)C2CCN(c3nc(NCC4OC5CCC4C5)c4ccc(Br)cc4n3)CC2)CC1. The number of piperidine rings is 1. The Balaban J connectivity index is 1.15. The number of carbonyl (C=O) groups excluding carboxylic acids is 1. The molecule has 1 aromatic carbocycles. The van der Waals surface area contributed by atoms with Gasteiger partial charge in [0, 0.05) is 61.6 Å². The van der Waals surface area contributed by atoms with E-state index in [1.807, 2.05) is 6.07 Å². The summed E-state index contributed by atoms with van der Waals surface area (Å²) in [6, 6.07) is 6.18. The van der Waals surface area contributed by atoms with Crippen LogP contribution in [0.3, 0.4) is 0 Å². The maximum atomic E-state index is 13.1. The molecule has 1 saturated carbocycles. The number of carbonyl (C=O) groups is 1. The topological polar surface area (TPSA) is 73.8 Å². The van der Waals surface area contributed by atoms with Crippen molar-refractivity contribution in [1.82, 2.24) is 19.8 Å². The Morgan fingerprint density at radius 3 is 2.60 bits per heavy atom. The van der Waals surface area contributed by atoms with E-state index in [9.17, 15) is 4.79 Å². The number of aromatic nitrogens is 2. The van der Waals surface area contributed by atoms with Gasteiger partial charge in [-0.3, -0.25) is 4.79 Å². The Morgan fingerprint density at radius 1 is 1.09 bits per heavy atom. The van der Waals surface area contributed by atoms with Gasteiger partial charge < -0.3 is 24.8 Å². The zero-order valence-corrected chi connectivity index (χ0v) is 22.0. The van der Waals surface area contributed by atoms with Gasteiger partial charge in [-0.05, 0) is 63.3 Å². The van der Waals surface area contributed by atoms with Gasteiger partial charge in [0.2, 0.25) is 11.9 Å². The summed E-state index contributed by atoms with van der Waals surface area (Å²) in [6.45, 7) is 6.02. The summed E-state index contributed by atoms with van der Waals surface area (Å²) in [5.74, 6) is 2.73. The molecular formula is C26H35BrN6O2. The van der Waals surface area contributed by atoms with Crippen LogP contribution in [0.4, 0.5) is 11.8 Å². The molecule has 3 unspecified atom stereocenters. The van der Waals surface area contributed by atoms with Crippen molar-refractivity contribution in [2.75, 3.05) is 63.1 Å². The van der Waals surface area contributed by atoms with Crippen molar-refractivity contribution in [3.05, 3.63) is 22.7 Å². The zero-order valence-electron chi connectivity index (χ0n) is 20.5. The van der Waals surface area contributed by atoms with Crippen LogP contribution in [0.25, 0.3) is 10.9 Å². The predicted molar refractivity (Wildman–Crippen MR) is 141 cm³/mol. The van der Waals surface area contributed by atoms with Crippen LogP contribution in [0.1, 0.15) is 32.1 Å². The smallest absolute Gasteiger partial charge is 0.227 e. The number of piperazine rings is 1. The van der Waals surface area contributed by atoms with E-state index in [0.717, 1.165) is 85.8 Å². The fraction of sp³-hybridized carbons (Fsp3) is 0.654. The summed E-state index contributed by atoms with van der Waals surface area (Å²) in [5, 5.41) is 4.63. The Bertz CT molecular complexity index is 1080. The molecule has 188 valence electrons. The highest BCUT2D eigenvalue weighted by molar-refractivity contribution is 9.10. The van der Waals surface area contributed by atoms with Crippen molar-refractivity contribution in [1.29, 1.82) is 0 Å². The fourth-order valence-electron chi connectivity index (χ4n) is 6.18. The van der Waals surface area contributed by atoms with Gasteiger partial charge in [-0.15, -0.1) is 0 Å². The third kappa shape index (κ3) is 4.87. The van der Waals surface area contributed by atoms with Gasteiger partial charge in [0.15, 0.2) is 0 Å². The molecule has 4 fully saturated rings. The Labute approximate surface area is 215 Å². The molecule has 1 amide bonds. The van der Waals surface area contributed by atoms with Crippen molar-refractivity contribution >= 4 is 44.5 Å². The predicted octanol–water partition coefficient (Wildman–Crippen LogP) is 3.36. The van der Waals surface area contributed by atoms with E-state index < -0.39 is 0 Å². The quantitative estimate of drug-likeness (QED) is 0.620. The molecule has 0 radical (unpaired) electrons. The first-order valence-corrected chi connectivity index (χ1v) is 13.9. The van der Waals surface area contributed by atoms with Crippen LogP contribution in [0.5, 0.6) is 0 Å².